The lowest BCUT2D eigenvalue weighted by atomic mass is 9.90. The Balaban J connectivity index is 2.04. The van der Waals surface area contributed by atoms with Crippen LogP contribution in [0.15, 0.2) is 0 Å². The summed E-state index contributed by atoms with van der Waals surface area (Å²) in [4.78, 5) is 13.8. The Morgan fingerprint density at radius 3 is 2.53 bits per heavy atom. The van der Waals surface area contributed by atoms with Gasteiger partial charge in [0.05, 0.1) is 12.7 Å². The van der Waals surface area contributed by atoms with Crippen molar-refractivity contribution in [2.24, 2.45) is 5.41 Å². The van der Waals surface area contributed by atoms with Crippen molar-refractivity contribution in [3.8, 4) is 6.07 Å². The Morgan fingerprint density at radius 1 is 1.53 bits per heavy atom. The predicted molar refractivity (Wildman–Crippen MR) is 53.7 cm³/mol. The Kier molecular flexibility index (Phi) is 2.66. The molecular weight excluding hydrogens is 192 g/mol. The second-order valence-electron chi connectivity index (χ2n) is 4.50. The first-order valence-electron chi connectivity index (χ1n) is 5.57. The molecule has 2 aliphatic carbocycles. The molecule has 2 aliphatic rings. The van der Waals surface area contributed by atoms with Gasteiger partial charge >= 0.3 is 0 Å². The van der Waals surface area contributed by atoms with Crippen LogP contribution in [0.3, 0.4) is 0 Å². The lowest BCUT2D eigenvalue weighted by molar-refractivity contribution is -0.139. The average Bonchev–Trinajstić information content (AvgIpc) is 2.94. The van der Waals surface area contributed by atoms with Crippen molar-refractivity contribution < 1.29 is 9.90 Å². The molecule has 0 aromatic heterocycles. The monoisotopic (exact) mass is 208 g/mol. The highest BCUT2D eigenvalue weighted by atomic mass is 16.3. The van der Waals surface area contributed by atoms with Crippen LogP contribution in [-0.2, 0) is 4.79 Å². The van der Waals surface area contributed by atoms with Crippen molar-refractivity contribution in [1.82, 2.24) is 4.90 Å². The first-order valence-corrected chi connectivity index (χ1v) is 5.57. The van der Waals surface area contributed by atoms with Gasteiger partial charge < -0.3 is 10.0 Å². The molecule has 0 saturated heterocycles. The van der Waals surface area contributed by atoms with Crippen molar-refractivity contribution >= 4 is 5.91 Å². The second-order valence-corrected chi connectivity index (χ2v) is 4.50. The molecule has 0 bridgehead atoms. The van der Waals surface area contributed by atoms with E-state index in [0.29, 0.717) is 19.4 Å². The van der Waals surface area contributed by atoms with Crippen LogP contribution in [0.25, 0.3) is 0 Å². The van der Waals surface area contributed by atoms with E-state index in [1.807, 2.05) is 0 Å². The highest BCUT2D eigenvalue weighted by Gasteiger charge is 2.53. The van der Waals surface area contributed by atoms with Crippen molar-refractivity contribution in [3.63, 3.8) is 0 Å². The van der Waals surface area contributed by atoms with Gasteiger partial charge in [0.2, 0.25) is 5.91 Å². The fraction of sp³-hybridized carbons (Fsp3) is 0.818. The number of amides is 1. The van der Waals surface area contributed by atoms with Gasteiger partial charge in [-0.1, -0.05) is 0 Å². The molecule has 0 heterocycles. The van der Waals surface area contributed by atoms with Crippen LogP contribution in [0, 0.1) is 16.7 Å². The largest absolute Gasteiger partial charge is 0.395 e. The third-order valence-electron chi connectivity index (χ3n) is 3.49. The molecule has 0 aromatic carbocycles. The molecule has 2 rings (SSSR count). The maximum Gasteiger partial charge on any atom is 0.243 e. The van der Waals surface area contributed by atoms with Crippen LogP contribution in [0.2, 0.25) is 0 Å². The van der Waals surface area contributed by atoms with Gasteiger partial charge in [-0.15, -0.1) is 0 Å². The van der Waals surface area contributed by atoms with E-state index in [9.17, 15) is 4.79 Å². The molecule has 4 nitrogen and oxygen atoms in total. The van der Waals surface area contributed by atoms with E-state index in [4.69, 9.17) is 10.4 Å². The van der Waals surface area contributed by atoms with Gasteiger partial charge in [-0.05, 0) is 32.1 Å². The number of nitriles is 1. The van der Waals surface area contributed by atoms with Gasteiger partial charge in [0.15, 0.2) is 0 Å². The topological polar surface area (TPSA) is 64.3 Å². The predicted octanol–water partition coefficient (Wildman–Crippen LogP) is 0.664. The zero-order valence-electron chi connectivity index (χ0n) is 8.78. The summed E-state index contributed by atoms with van der Waals surface area (Å²) in [6.07, 6.45) is 4.58. The number of hydrogen-bond acceptors (Lipinski definition) is 3. The van der Waals surface area contributed by atoms with E-state index < -0.39 is 5.41 Å². The zero-order valence-corrected chi connectivity index (χ0v) is 8.78. The standard InChI is InChI=1S/C11H16N2O2/c12-8-11(4-5-11)10(15)13(6-7-14)9-2-1-3-9/h9,14H,1-7H2. The van der Waals surface area contributed by atoms with Gasteiger partial charge in [-0.25, -0.2) is 0 Å². The van der Waals surface area contributed by atoms with Crippen molar-refractivity contribution in [2.75, 3.05) is 13.2 Å². The molecule has 82 valence electrons. The summed E-state index contributed by atoms with van der Waals surface area (Å²) in [5.41, 5.74) is -0.731. The second kappa shape index (κ2) is 3.82. The Labute approximate surface area is 89.5 Å². The number of hydrogen-bond donors (Lipinski definition) is 1. The highest BCUT2D eigenvalue weighted by Crippen LogP contribution is 2.47. The van der Waals surface area contributed by atoms with Crippen LogP contribution in [-0.4, -0.2) is 35.1 Å². The molecule has 2 fully saturated rings. The number of aliphatic hydroxyl groups excluding tert-OH is 1. The highest BCUT2D eigenvalue weighted by molar-refractivity contribution is 5.88. The Hall–Kier alpha value is -1.08. The van der Waals surface area contributed by atoms with Crippen LogP contribution in [0.1, 0.15) is 32.1 Å². The number of nitrogens with zero attached hydrogens (tertiary/aromatic N) is 2. The number of carbonyl (C=O) groups excluding carboxylic acids is 1. The van der Waals surface area contributed by atoms with Gasteiger partial charge in [0, 0.05) is 12.6 Å². The molecule has 0 atom stereocenters. The Bertz CT molecular complexity index is 300. The van der Waals surface area contributed by atoms with Crippen molar-refractivity contribution in [1.29, 1.82) is 5.26 Å². The summed E-state index contributed by atoms with van der Waals surface area (Å²) >= 11 is 0. The normalized spacial score (nSPS) is 22.7. The van der Waals surface area contributed by atoms with Crippen LogP contribution < -0.4 is 0 Å². The van der Waals surface area contributed by atoms with Crippen LogP contribution >= 0.6 is 0 Å². The van der Waals surface area contributed by atoms with E-state index in [1.165, 1.54) is 0 Å². The van der Waals surface area contributed by atoms with Crippen LogP contribution in [0.4, 0.5) is 0 Å². The van der Waals surface area contributed by atoms with Crippen molar-refractivity contribution in [3.05, 3.63) is 0 Å². The molecule has 0 radical (unpaired) electrons. The molecule has 1 amide bonds. The third kappa shape index (κ3) is 1.72. The number of carbonyl (C=O) groups is 1. The van der Waals surface area contributed by atoms with Gasteiger partial charge in [-0.3, -0.25) is 4.79 Å². The summed E-state index contributed by atoms with van der Waals surface area (Å²) in [7, 11) is 0. The van der Waals surface area contributed by atoms with Gasteiger partial charge in [0.1, 0.15) is 5.41 Å². The minimum absolute atomic E-state index is 0.0102. The van der Waals surface area contributed by atoms with E-state index in [2.05, 4.69) is 6.07 Å². The fourth-order valence-electron chi connectivity index (χ4n) is 2.03. The first-order chi connectivity index (χ1) is 7.23. The smallest absolute Gasteiger partial charge is 0.243 e. The summed E-state index contributed by atoms with van der Waals surface area (Å²) in [6, 6.07) is 2.39. The molecule has 4 heteroatoms. The van der Waals surface area contributed by atoms with Gasteiger partial charge in [0.25, 0.3) is 0 Å². The molecular formula is C11H16N2O2. The van der Waals surface area contributed by atoms with E-state index in [1.54, 1.807) is 4.90 Å². The van der Waals surface area contributed by atoms with Crippen molar-refractivity contribution in [2.45, 2.75) is 38.1 Å². The SMILES string of the molecule is N#CC1(C(=O)N(CCO)C2CCC2)CC1. The molecule has 0 spiro atoms. The molecule has 2 saturated carbocycles. The minimum Gasteiger partial charge on any atom is -0.395 e. The van der Waals surface area contributed by atoms with E-state index >= 15 is 0 Å². The molecule has 0 aromatic rings. The van der Waals surface area contributed by atoms with E-state index in [0.717, 1.165) is 19.3 Å². The first kappa shape index (κ1) is 10.4. The fourth-order valence-corrected chi connectivity index (χ4v) is 2.03. The number of aliphatic hydroxyl groups is 1. The molecule has 0 aliphatic heterocycles. The number of rotatable bonds is 4. The molecule has 0 unspecified atom stereocenters. The summed E-state index contributed by atoms with van der Waals surface area (Å²) < 4.78 is 0. The molecule has 15 heavy (non-hydrogen) atoms. The summed E-state index contributed by atoms with van der Waals surface area (Å²) in [5.74, 6) is -0.0521. The maximum absolute atomic E-state index is 12.1. The lowest BCUT2D eigenvalue weighted by Crippen LogP contribution is -2.48. The summed E-state index contributed by atoms with van der Waals surface area (Å²) in [6.45, 7) is 0.372. The van der Waals surface area contributed by atoms with Gasteiger partial charge in [-0.2, -0.15) is 5.26 Å². The summed E-state index contributed by atoms with van der Waals surface area (Å²) in [5, 5.41) is 17.9. The molecule has 1 N–H and O–H groups in total. The average molecular weight is 208 g/mol. The maximum atomic E-state index is 12.1. The van der Waals surface area contributed by atoms with E-state index in [-0.39, 0.29) is 18.6 Å². The third-order valence-corrected chi connectivity index (χ3v) is 3.49. The Morgan fingerprint density at radius 2 is 2.20 bits per heavy atom. The lowest BCUT2D eigenvalue weighted by Gasteiger charge is -2.38. The minimum atomic E-state index is -0.731. The van der Waals surface area contributed by atoms with Crippen LogP contribution in [0.5, 0.6) is 0 Å². The zero-order chi connectivity index (χ0) is 10.9. The quantitative estimate of drug-likeness (QED) is 0.738.